The summed E-state index contributed by atoms with van der Waals surface area (Å²) in [6.45, 7) is 3.75. The van der Waals surface area contributed by atoms with Crippen LogP contribution in [0.3, 0.4) is 0 Å². The molecule has 0 spiro atoms. The SMILES string of the molecule is CC(C(C)P1(=O)Oc2ccccc2-c2ccccc21)P1(=O)Oc2ccccc2-c2ccccc21. The first-order valence-corrected chi connectivity index (χ1v) is 14.8. The largest absolute Gasteiger partial charge is 0.439 e. The highest BCUT2D eigenvalue weighted by Gasteiger charge is 2.51. The van der Waals surface area contributed by atoms with Crippen LogP contribution in [0.5, 0.6) is 11.5 Å². The Morgan fingerprint density at radius 2 is 0.824 bits per heavy atom. The summed E-state index contributed by atoms with van der Waals surface area (Å²) in [6, 6.07) is 30.6. The van der Waals surface area contributed by atoms with E-state index in [2.05, 4.69) is 0 Å². The fraction of sp³-hybridized carbons (Fsp3) is 0.143. The summed E-state index contributed by atoms with van der Waals surface area (Å²) in [5, 5.41) is 1.34. The van der Waals surface area contributed by atoms with Crippen LogP contribution in [0, 0.1) is 0 Å². The molecule has 2 aliphatic heterocycles. The van der Waals surface area contributed by atoms with Gasteiger partial charge in [-0.1, -0.05) is 86.6 Å². The molecule has 0 aromatic heterocycles. The first kappa shape index (κ1) is 21.5. The molecule has 4 unspecified atom stereocenters. The Morgan fingerprint density at radius 1 is 0.500 bits per heavy atom. The molecule has 4 aromatic carbocycles. The Labute approximate surface area is 199 Å². The molecular formula is C28H24O4P2. The van der Waals surface area contributed by atoms with E-state index in [0.717, 1.165) is 22.3 Å². The highest BCUT2D eigenvalue weighted by atomic mass is 31.2. The molecule has 6 heteroatoms. The normalized spacial score (nSPS) is 23.7. The number of hydrogen-bond acceptors (Lipinski definition) is 4. The van der Waals surface area contributed by atoms with Crippen molar-refractivity contribution in [2.24, 2.45) is 0 Å². The van der Waals surface area contributed by atoms with Crippen LogP contribution in [0.2, 0.25) is 0 Å². The van der Waals surface area contributed by atoms with Crippen molar-refractivity contribution in [1.29, 1.82) is 0 Å². The van der Waals surface area contributed by atoms with Crippen molar-refractivity contribution in [3.63, 3.8) is 0 Å². The fourth-order valence-corrected chi connectivity index (χ4v) is 11.2. The molecule has 0 amide bonds. The second-order valence-corrected chi connectivity index (χ2v) is 14.2. The van der Waals surface area contributed by atoms with Crippen LogP contribution in [0.25, 0.3) is 22.3 Å². The number of hydrogen-bond donors (Lipinski definition) is 0. The Bertz CT molecular complexity index is 1410. The second-order valence-electron chi connectivity index (χ2n) is 8.88. The van der Waals surface area contributed by atoms with Crippen LogP contribution in [0.4, 0.5) is 0 Å². The number of fused-ring (bicyclic) bond motifs is 6. The standard InChI is InChI=1S/C28H24O4P2/c1-19(33(29)27-17-9-5-13-23(27)21-11-3-7-15-25(21)31-33)20(2)34(30)28-18-10-6-14-24(28)22-12-4-8-16-26(22)32-34/h3-20H,1-2H3. The highest BCUT2D eigenvalue weighted by Crippen LogP contribution is 2.66. The zero-order chi connectivity index (χ0) is 23.5. The quantitative estimate of drug-likeness (QED) is 0.290. The third-order valence-corrected chi connectivity index (χ3v) is 13.4. The Hall–Kier alpha value is -3.06. The molecule has 0 bridgehead atoms. The fourth-order valence-electron chi connectivity index (χ4n) is 5.05. The monoisotopic (exact) mass is 486 g/mol. The van der Waals surface area contributed by atoms with E-state index in [-0.39, 0.29) is 0 Å². The third kappa shape index (κ3) is 2.99. The van der Waals surface area contributed by atoms with Gasteiger partial charge in [0, 0.05) is 11.1 Å². The van der Waals surface area contributed by atoms with Gasteiger partial charge in [-0.2, -0.15) is 0 Å². The summed E-state index contributed by atoms with van der Waals surface area (Å²) in [7, 11) is -6.88. The van der Waals surface area contributed by atoms with Crippen LogP contribution in [-0.2, 0) is 9.13 Å². The molecule has 0 N–H and O–H groups in total. The van der Waals surface area contributed by atoms with Gasteiger partial charge in [-0.05, 0) is 35.4 Å². The van der Waals surface area contributed by atoms with Crippen molar-refractivity contribution < 1.29 is 18.2 Å². The zero-order valence-corrected chi connectivity index (χ0v) is 20.7. The summed E-state index contributed by atoms with van der Waals surface area (Å²) in [5.74, 6) is 1.19. The molecule has 0 saturated carbocycles. The van der Waals surface area contributed by atoms with E-state index in [1.54, 1.807) is 0 Å². The van der Waals surface area contributed by atoms with Gasteiger partial charge in [-0.25, -0.2) is 0 Å². The van der Waals surface area contributed by atoms with Crippen molar-refractivity contribution in [2.45, 2.75) is 25.2 Å². The molecule has 34 heavy (non-hydrogen) atoms. The van der Waals surface area contributed by atoms with Gasteiger partial charge in [-0.15, -0.1) is 0 Å². The van der Waals surface area contributed by atoms with Gasteiger partial charge in [0.2, 0.25) is 0 Å². The lowest BCUT2D eigenvalue weighted by Gasteiger charge is -2.39. The zero-order valence-electron chi connectivity index (χ0n) is 18.9. The second kappa shape index (κ2) is 7.73. The highest BCUT2D eigenvalue weighted by molar-refractivity contribution is 7.72. The molecular weight excluding hydrogens is 462 g/mol. The van der Waals surface area contributed by atoms with Gasteiger partial charge in [0.1, 0.15) is 11.5 Å². The molecule has 0 fully saturated rings. The Kier molecular flexibility index (Phi) is 4.88. The van der Waals surface area contributed by atoms with Crippen molar-refractivity contribution in [2.75, 3.05) is 0 Å². The molecule has 6 rings (SSSR count). The van der Waals surface area contributed by atoms with Gasteiger partial charge in [0.15, 0.2) is 0 Å². The molecule has 4 nitrogen and oxygen atoms in total. The lowest BCUT2D eigenvalue weighted by molar-refractivity contribution is 0.458. The number of para-hydroxylation sites is 2. The van der Waals surface area contributed by atoms with Crippen LogP contribution < -0.4 is 19.7 Å². The lowest BCUT2D eigenvalue weighted by Crippen LogP contribution is -2.35. The summed E-state index contributed by atoms with van der Waals surface area (Å²) in [5.41, 5.74) is 2.55. The van der Waals surface area contributed by atoms with Gasteiger partial charge in [-0.3, -0.25) is 9.13 Å². The summed E-state index contributed by atoms with van der Waals surface area (Å²) >= 11 is 0. The smallest absolute Gasteiger partial charge is 0.281 e. The minimum atomic E-state index is -3.44. The van der Waals surface area contributed by atoms with Gasteiger partial charge >= 0.3 is 0 Å². The molecule has 170 valence electrons. The summed E-state index contributed by atoms with van der Waals surface area (Å²) in [6.07, 6.45) is 0. The molecule has 2 aliphatic rings. The van der Waals surface area contributed by atoms with Crippen LogP contribution in [0.15, 0.2) is 97.1 Å². The third-order valence-electron chi connectivity index (χ3n) is 7.07. The Morgan fingerprint density at radius 3 is 1.24 bits per heavy atom. The first-order valence-electron chi connectivity index (χ1n) is 11.4. The lowest BCUT2D eigenvalue weighted by atomic mass is 10.0. The van der Waals surface area contributed by atoms with E-state index in [9.17, 15) is 9.13 Å². The van der Waals surface area contributed by atoms with E-state index < -0.39 is 26.1 Å². The predicted octanol–water partition coefficient (Wildman–Crippen LogP) is 7.09. The van der Waals surface area contributed by atoms with Gasteiger partial charge < -0.3 is 9.05 Å². The molecule has 4 aromatic rings. The first-order chi connectivity index (χ1) is 16.4. The van der Waals surface area contributed by atoms with Gasteiger partial charge in [0.25, 0.3) is 14.7 Å². The maximum Gasteiger partial charge on any atom is 0.281 e. The van der Waals surface area contributed by atoms with Crippen LogP contribution >= 0.6 is 14.7 Å². The molecule has 4 atom stereocenters. The van der Waals surface area contributed by atoms with E-state index in [1.807, 2.05) is 111 Å². The van der Waals surface area contributed by atoms with Crippen molar-refractivity contribution in [3.05, 3.63) is 97.1 Å². The van der Waals surface area contributed by atoms with Gasteiger partial charge in [0.05, 0.1) is 21.9 Å². The van der Waals surface area contributed by atoms with E-state index in [1.165, 1.54) is 0 Å². The van der Waals surface area contributed by atoms with Crippen molar-refractivity contribution in [3.8, 4) is 33.8 Å². The molecule has 2 heterocycles. The maximum atomic E-state index is 14.7. The maximum absolute atomic E-state index is 14.7. The molecule has 0 aliphatic carbocycles. The molecule has 0 saturated heterocycles. The minimum Gasteiger partial charge on any atom is -0.439 e. The van der Waals surface area contributed by atoms with Crippen molar-refractivity contribution in [1.82, 2.24) is 0 Å². The van der Waals surface area contributed by atoms with Crippen molar-refractivity contribution >= 4 is 25.3 Å². The van der Waals surface area contributed by atoms with E-state index in [4.69, 9.17) is 9.05 Å². The number of rotatable bonds is 3. The Balaban J connectivity index is 1.48. The van der Waals surface area contributed by atoms with Crippen LogP contribution in [-0.4, -0.2) is 11.3 Å². The topological polar surface area (TPSA) is 52.6 Å². The van der Waals surface area contributed by atoms with Crippen LogP contribution in [0.1, 0.15) is 13.8 Å². The van der Waals surface area contributed by atoms with E-state index >= 15 is 0 Å². The average molecular weight is 486 g/mol. The summed E-state index contributed by atoms with van der Waals surface area (Å²) < 4.78 is 42.0. The average Bonchev–Trinajstić information content (AvgIpc) is 2.88. The number of benzene rings is 4. The predicted molar refractivity (Wildman–Crippen MR) is 138 cm³/mol. The minimum absolute atomic E-state index is 0.550. The van der Waals surface area contributed by atoms with E-state index in [0.29, 0.717) is 22.1 Å². The molecule has 0 radical (unpaired) electrons. The summed E-state index contributed by atoms with van der Waals surface area (Å²) in [4.78, 5) is 0.